The lowest BCUT2D eigenvalue weighted by Gasteiger charge is -2.21. The average molecular weight is 304 g/mol. The van der Waals surface area contributed by atoms with Crippen molar-refractivity contribution in [3.63, 3.8) is 0 Å². The maximum atomic E-state index is 13.4. The molecule has 0 spiro atoms. The average Bonchev–Trinajstić information content (AvgIpc) is 2.84. The first-order chi connectivity index (χ1) is 8.13. The quantitative estimate of drug-likeness (QED) is 0.933. The van der Waals surface area contributed by atoms with Crippen LogP contribution in [0.25, 0.3) is 0 Å². The fourth-order valence-corrected chi connectivity index (χ4v) is 2.43. The highest BCUT2D eigenvalue weighted by Gasteiger charge is 2.27. The van der Waals surface area contributed by atoms with Gasteiger partial charge in [-0.15, -0.1) is 0 Å². The Hall–Kier alpha value is -0.650. The maximum absolute atomic E-state index is 13.4. The SMILES string of the molecule is COc1cc(F)c(Br)cc1C(N)C1CCOC1. The normalized spacial score (nSPS) is 21.5. The molecule has 1 heterocycles. The second kappa shape index (κ2) is 5.33. The number of ether oxygens (including phenoxy) is 2. The number of rotatable bonds is 3. The summed E-state index contributed by atoms with van der Waals surface area (Å²) < 4.78 is 24.3. The first-order valence-electron chi connectivity index (χ1n) is 5.49. The molecule has 1 aromatic rings. The molecule has 1 aromatic carbocycles. The molecule has 0 aliphatic carbocycles. The molecule has 0 bridgehead atoms. The third-order valence-corrected chi connectivity index (χ3v) is 3.71. The lowest BCUT2D eigenvalue weighted by Crippen LogP contribution is -2.22. The third kappa shape index (κ3) is 2.61. The molecule has 3 nitrogen and oxygen atoms in total. The van der Waals surface area contributed by atoms with Crippen molar-refractivity contribution in [2.45, 2.75) is 12.5 Å². The Morgan fingerprint density at radius 3 is 2.94 bits per heavy atom. The fraction of sp³-hybridized carbons (Fsp3) is 0.500. The summed E-state index contributed by atoms with van der Waals surface area (Å²) in [4.78, 5) is 0. The minimum Gasteiger partial charge on any atom is -0.496 e. The number of benzene rings is 1. The van der Waals surface area contributed by atoms with Gasteiger partial charge in [0.15, 0.2) is 0 Å². The lowest BCUT2D eigenvalue weighted by atomic mass is 9.92. The van der Waals surface area contributed by atoms with E-state index in [1.165, 1.54) is 13.2 Å². The van der Waals surface area contributed by atoms with Crippen molar-refractivity contribution in [2.24, 2.45) is 11.7 Å². The van der Waals surface area contributed by atoms with Crippen LogP contribution in [-0.2, 0) is 4.74 Å². The van der Waals surface area contributed by atoms with E-state index < -0.39 is 0 Å². The first kappa shape index (κ1) is 12.8. The summed E-state index contributed by atoms with van der Waals surface area (Å²) in [5, 5.41) is 0. The van der Waals surface area contributed by atoms with Crippen molar-refractivity contribution in [1.82, 2.24) is 0 Å². The number of methoxy groups -OCH3 is 1. The molecule has 0 saturated carbocycles. The van der Waals surface area contributed by atoms with Gasteiger partial charge in [0.25, 0.3) is 0 Å². The molecule has 0 amide bonds. The number of hydrogen-bond donors (Lipinski definition) is 1. The van der Waals surface area contributed by atoms with Gasteiger partial charge < -0.3 is 15.2 Å². The van der Waals surface area contributed by atoms with Gasteiger partial charge in [-0.1, -0.05) is 0 Å². The van der Waals surface area contributed by atoms with Crippen LogP contribution in [0.2, 0.25) is 0 Å². The Bertz CT molecular complexity index is 408. The van der Waals surface area contributed by atoms with Crippen LogP contribution in [0.4, 0.5) is 4.39 Å². The number of halogens is 2. The van der Waals surface area contributed by atoms with Crippen LogP contribution in [0, 0.1) is 11.7 Å². The van der Waals surface area contributed by atoms with Crippen molar-refractivity contribution in [2.75, 3.05) is 20.3 Å². The highest BCUT2D eigenvalue weighted by atomic mass is 79.9. The Balaban J connectivity index is 2.32. The molecule has 1 aliphatic rings. The van der Waals surface area contributed by atoms with E-state index >= 15 is 0 Å². The maximum Gasteiger partial charge on any atom is 0.141 e. The summed E-state index contributed by atoms with van der Waals surface area (Å²) >= 11 is 3.17. The molecule has 94 valence electrons. The highest BCUT2D eigenvalue weighted by molar-refractivity contribution is 9.10. The molecule has 1 saturated heterocycles. The van der Waals surface area contributed by atoms with Crippen LogP contribution in [0.1, 0.15) is 18.0 Å². The molecule has 1 aliphatic heterocycles. The van der Waals surface area contributed by atoms with Gasteiger partial charge in [-0.2, -0.15) is 0 Å². The third-order valence-electron chi connectivity index (χ3n) is 3.10. The summed E-state index contributed by atoms with van der Waals surface area (Å²) in [5.41, 5.74) is 7.01. The summed E-state index contributed by atoms with van der Waals surface area (Å²) in [7, 11) is 1.52. The van der Waals surface area contributed by atoms with Crippen LogP contribution >= 0.6 is 15.9 Å². The van der Waals surface area contributed by atoms with Crippen molar-refractivity contribution < 1.29 is 13.9 Å². The van der Waals surface area contributed by atoms with E-state index in [4.69, 9.17) is 15.2 Å². The Morgan fingerprint density at radius 2 is 2.35 bits per heavy atom. The lowest BCUT2D eigenvalue weighted by molar-refractivity contribution is 0.180. The molecule has 0 radical (unpaired) electrons. The summed E-state index contributed by atoms with van der Waals surface area (Å²) in [6.45, 7) is 1.39. The van der Waals surface area contributed by atoms with Crippen molar-refractivity contribution in [1.29, 1.82) is 0 Å². The van der Waals surface area contributed by atoms with Gasteiger partial charge in [0.1, 0.15) is 11.6 Å². The molecular weight excluding hydrogens is 289 g/mol. The largest absolute Gasteiger partial charge is 0.496 e. The van der Waals surface area contributed by atoms with Crippen LogP contribution < -0.4 is 10.5 Å². The van der Waals surface area contributed by atoms with Crippen LogP contribution in [0.15, 0.2) is 16.6 Å². The zero-order valence-electron chi connectivity index (χ0n) is 9.58. The van der Waals surface area contributed by atoms with Crippen molar-refractivity contribution in [3.8, 4) is 5.75 Å². The predicted octanol–water partition coefficient (Wildman–Crippen LogP) is 2.63. The smallest absolute Gasteiger partial charge is 0.141 e. The molecule has 2 unspecified atom stereocenters. The van der Waals surface area contributed by atoms with E-state index in [-0.39, 0.29) is 17.8 Å². The standard InChI is InChI=1S/C12H15BrFNO2/c1-16-11-5-10(14)9(13)4-8(11)12(15)7-2-3-17-6-7/h4-5,7,12H,2-3,6,15H2,1H3. The van der Waals surface area contributed by atoms with Crippen LogP contribution in [0.5, 0.6) is 5.75 Å². The Labute approximate surface area is 108 Å². The topological polar surface area (TPSA) is 44.5 Å². The summed E-state index contributed by atoms with van der Waals surface area (Å²) in [6.07, 6.45) is 0.930. The zero-order chi connectivity index (χ0) is 12.4. The van der Waals surface area contributed by atoms with E-state index in [9.17, 15) is 4.39 Å². The van der Waals surface area contributed by atoms with Crippen LogP contribution in [0.3, 0.4) is 0 Å². The first-order valence-corrected chi connectivity index (χ1v) is 6.29. The zero-order valence-corrected chi connectivity index (χ0v) is 11.2. The van der Waals surface area contributed by atoms with E-state index in [1.54, 1.807) is 6.07 Å². The van der Waals surface area contributed by atoms with E-state index in [0.29, 0.717) is 16.8 Å². The van der Waals surface area contributed by atoms with E-state index in [1.807, 2.05) is 0 Å². The monoisotopic (exact) mass is 303 g/mol. The minimum absolute atomic E-state index is 0.190. The molecule has 17 heavy (non-hydrogen) atoms. The highest BCUT2D eigenvalue weighted by Crippen LogP contribution is 2.35. The summed E-state index contributed by atoms with van der Waals surface area (Å²) in [5.74, 6) is 0.409. The van der Waals surface area contributed by atoms with E-state index in [0.717, 1.165) is 18.6 Å². The number of nitrogens with two attached hydrogens (primary N) is 1. The number of hydrogen-bond acceptors (Lipinski definition) is 3. The Morgan fingerprint density at radius 1 is 1.59 bits per heavy atom. The molecule has 0 aromatic heterocycles. The van der Waals surface area contributed by atoms with Crippen LogP contribution in [-0.4, -0.2) is 20.3 Å². The van der Waals surface area contributed by atoms with Gasteiger partial charge in [-0.25, -0.2) is 4.39 Å². The van der Waals surface area contributed by atoms with E-state index in [2.05, 4.69) is 15.9 Å². The summed E-state index contributed by atoms with van der Waals surface area (Å²) in [6, 6.07) is 2.86. The van der Waals surface area contributed by atoms with Gasteiger partial charge in [0.2, 0.25) is 0 Å². The van der Waals surface area contributed by atoms with Crippen molar-refractivity contribution >= 4 is 15.9 Å². The van der Waals surface area contributed by atoms with Gasteiger partial charge in [-0.05, 0) is 28.4 Å². The molecule has 2 N–H and O–H groups in total. The predicted molar refractivity (Wildman–Crippen MR) is 66.5 cm³/mol. The second-order valence-electron chi connectivity index (χ2n) is 4.16. The molecule has 2 atom stereocenters. The van der Waals surface area contributed by atoms with Gasteiger partial charge in [-0.3, -0.25) is 0 Å². The molecule has 1 fully saturated rings. The fourth-order valence-electron chi connectivity index (χ4n) is 2.07. The van der Waals surface area contributed by atoms with Gasteiger partial charge in [0.05, 0.1) is 18.2 Å². The molecule has 2 rings (SSSR count). The Kier molecular flexibility index (Phi) is 4.01. The second-order valence-corrected chi connectivity index (χ2v) is 5.01. The molecular formula is C12H15BrFNO2. The van der Waals surface area contributed by atoms with Gasteiger partial charge in [0, 0.05) is 30.2 Å². The van der Waals surface area contributed by atoms with Gasteiger partial charge >= 0.3 is 0 Å². The van der Waals surface area contributed by atoms with Crippen molar-refractivity contribution in [3.05, 3.63) is 28.0 Å². The minimum atomic E-state index is -0.347. The molecule has 5 heteroatoms.